The van der Waals surface area contributed by atoms with Gasteiger partial charge in [0.1, 0.15) is 13.2 Å². The zero-order chi connectivity index (χ0) is 16.2. The van der Waals surface area contributed by atoms with Crippen LogP contribution in [0.4, 0.5) is 0 Å². The van der Waals surface area contributed by atoms with Crippen LogP contribution in [-0.2, 0) is 13.1 Å². The van der Waals surface area contributed by atoms with Gasteiger partial charge in [-0.3, -0.25) is 0 Å². The highest BCUT2D eigenvalue weighted by atomic mass is 16.6. The molecule has 6 nitrogen and oxygen atoms in total. The van der Waals surface area contributed by atoms with Crippen molar-refractivity contribution in [1.29, 1.82) is 0 Å². The minimum Gasteiger partial charge on any atom is -0.486 e. The second kappa shape index (κ2) is 7.00. The van der Waals surface area contributed by atoms with Crippen molar-refractivity contribution in [3.05, 3.63) is 35.2 Å². The normalized spacial score (nSPS) is 14.7. The highest BCUT2D eigenvalue weighted by Gasteiger charge is 2.17. The predicted molar refractivity (Wildman–Crippen MR) is 87.7 cm³/mol. The molecule has 0 saturated heterocycles. The molecular weight excluding hydrogens is 292 g/mol. The van der Waals surface area contributed by atoms with Crippen molar-refractivity contribution in [3.63, 3.8) is 0 Å². The van der Waals surface area contributed by atoms with E-state index in [4.69, 9.17) is 9.47 Å². The lowest BCUT2D eigenvalue weighted by molar-refractivity contribution is 0.171. The van der Waals surface area contributed by atoms with Crippen LogP contribution in [-0.4, -0.2) is 28.2 Å². The molecule has 6 heteroatoms. The van der Waals surface area contributed by atoms with Crippen molar-refractivity contribution < 1.29 is 9.47 Å². The van der Waals surface area contributed by atoms with E-state index in [0.717, 1.165) is 42.4 Å². The first-order valence-corrected chi connectivity index (χ1v) is 8.24. The maximum absolute atomic E-state index is 5.69. The summed E-state index contributed by atoms with van der Waals surface area (Å²) in [6, 6.07) is 6.44. The van der Waals surface area contributed by atoms with E-state index >= 15 is 0 Å². The summed E-state index contributed by atoms with van der Waals surface area (Å²) >= 11 is 0. The number of rotatable bonds is 6. The van der Waals surface area contributed by atoms with Gasteiger partial charge in [0.2, 0.25) is 0 Å². The zero-order valence-corrected chi connectivity index (χ0v) is 14.0. The number of hydrogen-bond acceptors (Lipinski definition) is 5. The van der Waals surface area contributed by atoms with Crippen LogP contribution in [0.15, 0.2) is 18.2 Å². The molecule has 0 fully saturated rings. The third-order valence-corrected chi connectivity index (χ3v) is 4.22. The van der Waals surface area contributed by atoms with Crippen molar-refractivity contribution in [2.75, 3.05) is 13.2 Å². The minimum atomic E-state index is 0.255. The fourth-order valence-corrected chi connectivity index (χ4v) is 2.89. The zero-order valence-electron chi connectivity index (χ0n) is 14.0. The largest absolute Gasteiger partial charge is 0.486 e. The summed E-state index contributed by atoms with van der Waals surface area (Å²) in [4.78, 5) is 0. The van der Waals surface area contributed by atoms with Crippen LogP contribution in [0.2, 0.25) is 0 Å². The third kappa shape index (κ3) is 3.32. The van der Waals surface area contributed by atoms with Crippen molar-refractivity contribution in [1.82, 2.24) is 20.3 Å². The maximum atomic E-state index is 5.69. The molecule has 0 saturated carbocycles. The van der Waals surface area contributed by atoms with E-state index in [1.54, 1.807) is 0 Å². The molecule has 3 rings (SSSR count). The van der Waals surface area contributed by atoms with Gasteiger partial charge in [-0.05, 0) is 38.0 Å². The van der Waals surface area contributed by atoms with Crippen LogP contribution < -0.4 is 14.8 Å². The first-order valence-electron chi connectivity index (χ1n) is 8.24. The maximum Gasteiger partial charge on any atom is 0.161 e. The van der Waals surface area contributed by atoms with Crippen molar-refractivity contribution in [2.45, 2.75) is 46.3 Å². The Morgan fingerprint density at radius 1 is 1.22 bits per heavy atom. The first-order chi connectivity index (χ1) is 11.2. The van der Waals surface area contributed by atoms with Crippen LogP contribution in [0.3, 0.4) is 0 Å². The van der Waals surface area contributed by atoms with Gasteiger partial charge in [-0.15, -0.1) is 5.10 Å². The molecule has 0 radical (unpaired) electrons. The molecule has 2 heterocycles. The Hall–Kier alpha value is -2.08. The number of ether oxygens (including phenoxy) is 2. The molecule has 1 aliphatic rings. The van der Waals surface area contributed by atoms with E-state index in [1.807, 2.05) is 17.7 Å². The van der Waals surface area contributed by atoms with Gasteiger partial charge in [0.25, 0.3) is 0 Å². The molecule has 0 spiro atoms. The van der Waals surface area contributed by atoms with Gasteiger partial charge >= 0.3 is 0 Å². The number of nitrogens with one attached hydrogen (secondary N) is 1. The highest BCUT2D eigenvalue weighted by Crippen LogP contribution is 2.33. The number of aromatic nitrogens is 3. The molecule has 1 aromatic carbocycles. The Labute approximate surface area is 136 Å². The Morgan fingerprint density at radius 2 is 2.00 bits per heavy atom. The van der Waals surface area contributed by atoms with Gasteiger partial charge in [0.15, 0.2) is 11.5 Å². The molecule has 2 aromatic rings. The van der Waals surface area contributed by atoms with E-state index in [-0.39, 0.29) is 6.04 Å². The van der Waals surface area contributed by atoms with E-state index in [9.17, 15) is 0 Å². The molecule has 1 aromatic heterocycles. The quantitative estimate of drug-likeness (QED) is 0.887. The van der Waals surface area contributed by atoms with E-state index in [2.05, 4.69) is 41.6 Å². The van der Waals surface area contributed by atoms with E-state index < -0.39 is 0 Å². The van der Waals surface area contributed by atoms with Gasteiger partial charge in [-0.25, -0.2) is 4.68 Å². The Kier molecular flexibility index (Phi) is 4.81. The van der Waals surface area contributed by atoms with E-state index in [0.29, 0.717) is 13.2 Å². The Balaban J connectivity index is 1.74. The lowest BCUT2D eigenvalue weighted by Crippen LogP contribution is -2.23. The SMILES string of the molecule is CCC(NCc1c(C)nnn1CC)c1ccc2c(c1)OCCO2. The summed E-state index contributed by atoms with van der Waals surface area (Å²) in [6.45, 7) is 9.07. The molecule has 124 valence electrons. The molecule has 23 heavy (non-hydrogen) atoms. The minimum absolute atomic E-state index is 0.255. The Bertz CT molecular complexity index is 669. The number of nitrogens with zero attached hydrogens (tertiary/aromatic N) is 3. The van der Waals surface area contributed by atoms with Crippen LogP contribution in [0.1, 0.15) is 43.3 Å². The van der Waals surface area contributed by atoms with Gasteiger partial charge in [-0.2, -0.15) is 0 Å². The lowest BCUT2D eigenvalue weighted by atomic mass is 10.0. The average molecular weight is 316 g/mol. The fraction of sp³-hybridized carbons (Fsp3) is 0.529. The number of benzene rings is 1. The molecule has 0 amide bonds. The summed E-state index contributed by atoms with van der Waals surface area (Å²) in [5, 5.41) is 11.9. The van der Waals surface area contributed by atoms with Gasteiger partial charge in [-0.1, -0.05) is 18.2 Å². The molecule has 0 bridgehead atoms. The van der Waals surface area contributed by atoms with Gasteiger partial charge < -0.3 is 14.8 Å². The summed E-state index contributed by atoms with van der Waals surface area (Å²) in [5.41, 5.74) is 3.34. The molecule has 1 N–H and O–H groups in total. The fourth-order valence-electron chi connectivity index (χ4n) is 2.89. The van der Waals surface area contributed by atoms with Crippen LogP contribution in [0, 0.1) is 6.92 Å². The highest BCUT2D eigenvalue weighted by molar-refractivity contribution is 5.44. The molecular formula is C17H24N4O2. The van der Waals surface area contributed by atoms with Crippen molar-refractivity contribution in [2.24, 2.45) is 0 Å². The molecule has 0 aliphatic carbocycles. The summed E-state index contributed by atoms with van der Waals surface area (Å²) < 4.78 is 13.2. The van der Waals surface area contributed by atoms with Crippen molar-refractivity contribution >= 4 is 0 Å². The van der Waals surface area contributed by atoms with Crippen LogP contribution in [0.5, 0.6) is 11.5 Å². The van der Waals surface area contributed by atoms with E-state index in [1.165, 1.54) is 5.56 Å². The topological polar surface area (TPSA) is 61.2 Å². The smallest absolute Gasteiger partial charge is 0.161 e. The average Bonchev–Trinajstić information content (AvgIpc) is 2.95. The second-order valence-corrected chi connectivity index (χ2v) is 5.68. The van der Waals surface area contributed by atoms with Crippen LogP contribution >= 0.6 is 0 Å². The van der Waals surface area contributed by atoms with Gasteiger partial charge in [0.05, 0.1) is 11.4 Å². The number of aryl methyl sites for hydroxylation is 2. The summed E-state index contributed by atoms with van der Waals surface area (Å²) in [6.07, 6.45) is 0.992. The number of fused-ring (bicyclic) bond motifs is 1. The summed E-state index contributed by atoms with van der Waals surface area (Å²) in [5.74, 6) is 1.67. The van der Waals surface area contributed by atoms with Crippen LogP contribution in [0.25, 0.3) is 0 Å². The van der Waals surface area contributed by atoms with Crippen molar-refractivity contribution in [3.8, 4) is 11.5 Å². The molecule has 1 unspecified atom stereocenters. The monoisotopic (exact) mass is 316 g/mol. The van der Waals surface area contributed by atoms with Gasteiger partial charge in [0, 0.05) is 19.1 Å². The Morgan fingerprint density at radius 3 is 2.74 bits per heavy atom. The molecule has 1 atom stereocenters. The number of hydrogen-bond donors (Lipinski definition) is 1. The predicted octanol–water partition coefficient (Wildman–Crippen LogP) is 2.62. The third-order valence-electron chi connectivity index (χ3n) is 4.22. The standard InChI is InChI=1S/C17H24N4O2/c1-4-14(18-11-15-12(3)19-20-21(15)5-2)13-6-7-16-17(10-13)23-9-8-22-16/h6-7,10,14,18H,4-5,8-9,11H2,1-3H3. The summed E-state index contributed by atoms with van der Waals surface area (Å²) in [7, 11) is 0. The lowest BCUT2D eigenvalue weighted by Gasteiger charge is -2.22. The first kappa shape index (κ1) is 15.8. The molecule has 1 aliphatic heterocycles. The second-order valence-electron chi connectivity index (χ2n) is 5.68.